The average molecular weight is 198 g/mol. The molecule has 0 aromatic rings. The molecule has 0 saturated carbocycles. The highest BCUT2D eigenvalue weighted by Crippen LogP contribution is 2.39. The quantitative estimate of drug-likeness (QED) is 0.597. The van der Waals surface area contributed by atoms with Crippen molar-refractivity contribution in [3.63, 3.8) is 0 Å². The molecule has 0 saturated heterocycles. The molecule has 0 aromatic carbocycles. The summed E-state index contributed by atoms with van der Waals surface area (Å²) in [6, 6.07) is 0. The first-order valence-electron chi connectivity index (χ1n) is 6.21. The summed E-state index contributed by atoms with van der Waals surface area (Å²) in [5.41, 5.74) is 0.448. The van der Waals surface area contributed by atoms with E-state index in [-0.39, 0.29) is 0 Å². The largest absolute Gasteiger partial charge is 0.0651 e. The minimum atomic E-state index is 0.448. The van der Waals surface area contributed by atoms with Crippen LogP contribution in [-0.4, -0.2) is 0 Å². The number of rotatable bonds is 4. The zero-order chi connectivity index (χ0) is 11.5. The van der Waals surface area contributed by atoms with Crippen LogP contribution in [0.3, 0.4) is 0 Å². The summed E-state index contributed by atoms with van der Waals surface area (Å²) in [5.74, 6) is 3.33. The maximum absolute atomic E-state index is 2.42. The van der Waals surface area contributed by atoms with E-state index >= 15 is 0 Å². The van der Waals surface area contributed by atoms with E-state index in [1.54, 1.807) is 0 Å². The fourth-order valence-corrected chi connectivity index (χ4v) is 2.32. The summed E-state index contributed by atoms with van der Waals surface area (Å²) in [4.78, 5) is 0. The first-order valence-corrected chi connectivity index (χ1v) is 6.21. The Morgan fingerprint density at radius 1 is 0.929 bits per heavy atom. The van der Waals surface area contributed by atoms with Crippen LogP contribution in [0, 0.1) is 29.1 Å². The van der Waals surface area contributed by atoms with Crippen LogP contribution in [0.2, 0.25) is 0 Å². The number of hydrogen-bond acceptors (Lipinski definition) is 0. The SMILES string of the molecule is CCC(C(C)C(C)C)C(C)C(C)(C)C. The van der Waals surface area contributed by atoms with Crippen molar-refractivity contribution in [2.24, 2.45) is 29.1 Å². The van der Waals surface area contributed by atoms with Gasteiger partial charge in [-0.2, -0.15) is 0 Å². The van der Waals surface area contributed by atoms with Crippen molar-refractivity contribution in [1.29, 1.82) is 0 Å². The van der Waals surface area contributed by atoms with Gasteiger partial charge in [-0.15, -0.1) is 0 Å². The third-order valence-electron chi connectivity index (χ3n) is 4.21. The number of hydrogen-bond donors (Lipinski definition) is 0. The van der Waals surface area contributed by atoms with Crippen molar-refractivity contribution in [1.82, 2.24) is 0 Å². The van der Waals surface area contributed by atoms with Crippen LogP contribution in [0.4, 0.5) is 0 Å². The summed E-state index contributed by atoms with van der Waals surface area (Å²) in [5, 5.41) is 0. The molecule has 0 amide bonds. The average Bonchev–Trinajstić information content (AvgIpc) is 2.03. The van der Waals surface area contributed by atoms with Crippen molar-refractivity contribution in [2.75, 3.05) is 0 Å². The first kappa shape index (κ1) is 14.0. The van der Waals surface area contributed by atoms with Crippen molar-refractivity contribution in [3.8, 4) is 0 Å². The van der Waals surface area contributed by atoms with Crippen molar-refractivity contribution in [3.05, 3.63) is 0 Å². The van der Waals surface area contributed by atoms with Gasteiger partial charge >= 0.3 is 0 Å². The highest BCUT2D eigenvalue weighted by molar-refractivity contribution is 4.80. The van der Waals surface area contributed by atoms with Gasteiger partial charge in [-0.3, -0.25) is 0 Å². The van der Waals surface area contributed by atoms with E-state index in [4.69, 9.17) is 0 Å². The molecule has 0 aromatic heterocycles. The predicted octanol–water partition coefficient (Wildman–Crippen LogP) is 4.99. The Balaban J connectivity index is 4.56. The lowest BCUT2D eigenvalue weighted by molar-refractivity contribution is 0.106. The third-order valence-corrected chi connectivity index (χ3v) is 4.21. The smallest absolute Gasteiger partial charge is 0.0354 e. The molecule has 0 spiro atoms. The lowest BCUT2D eigenvalue weighted by Gasteiger charge is -2.39. The Morgan fingerprint density at radius 3 is 1.57 bits per heavy atom. The van der Waals surface area contributed by atoms with Crippen LogP contribution in [0.15, 0.2) is 0 Å². The zero-order valence-corrected chi connectivity index (χ0v) is 11.5. The molecule has 0 rings (SSSR count). The Hall–Kier alpha value is 0. The molecular weight excluding hydrogens is 168 g/mol. The Bertz CT molecular complexity index is 150. The van der Waals surface area contributed by atoms with Crippen LogP contribution in [-0.2, 0) is 0 Å². The molecule has 3 atom stereocenters. The van der Waals surface area contributed by atoms with E-state index in [1.165, 1.54) is 6.42 Å². The molecule has 0 fully saturated rings. The molecular formula is C14H30. The monoisotopic (exact) mass is 198 g/mol. The Kier molecular flexibility index (Phi) is 5.19. The molecule has 86 valence electrons. The van der Waals surface area contributed by atoms with Gasteiger partial charge in [0.25, 0.3) is 0 Å². The van der Waals surface area contributed by atoms with Gasteiger partial charge in [0, 0.05) is 0 Å². The second-order valence-electron chi connectivity index (χ2n) is 6.33. The summed E-state index contributed by atoms with van der Waals surface area (Å²) in [7, 11) is 0. The Morgan fingerprint density at radius 2 is 1.36 bits per heavy atom. The van der Waals surface area contributed by atoms with Gasteiger partial charge in [-0.05, 0) is 29.1 Å². The summed E-state index contributed by atoms with van der Waals surface area (Å²) in [6.45, 7) is 19.0. The fourth-order valence-electron chi connectivity index (χ4n) is 2.32. The van der Waals surface area contributed by atoms with E-state index in [1.807, 2.05) is 0 Å². The van der Waals surface area contributed by atoms with E-state index in [0.717, 1.165) is 23.7 Å². The topological polar surface area (TPSA) is 0 Å². The van der Waals surface area contributed by atoms with Crippen LogP contribution >= 0.6 is 0 Å². The molecule has 0 N–H and O–H groups in total. The summed E-state index contributed by atoms with van der Waals surface area (Å²) in [6.07, 6.45) is 1.32. The molecule has 0 heteroatoms. The molecule has 0 nitrogen and oxygen atoms in total. The van der Waals surface area contributed by atoms with Crippen molar-refractivity contribution >= 4 is 0 Å². The lowest BCUT2D eigenvalue weighted by Crippen LogP contribution is -2.31. The van der Waals surface area contributed by atoms with Gasteiger partial charge in [0.1, 0.15) is 0 Å². The third kappa shape index (κ3) is 3.63. The van der Waals surface area contributed by atoms with Gasteiger partial charge in [-0.1, -0.05) is 61.8 Å². The second kappa shape index (κ2) is 5.19. The lowest BCUT2D eigenvalue weighted by atomic mass is 9.67. The van der Waals surface area contributed by atoms with Gasteiger partial charge in [0.05, 0.1) is 0 Å². The van der Waals surface area contributed by atoms with Crippen LogP contribution < -0.4 is 0 Å². The van der Waals surface area contributed by atoms with Crippen LogP contribution in [0.1, 0.15) is 61.8 Å². The van der Waals surface area contributed by atoms with E-state index in [0.29, 0.717) is 5.41 Å². The van der Waals surface area contributed by atoms with E-state index in [9.17, 15) is 0 Å². The highest BCUT2D eigenvalue weighted by Gasteiger charge is 2.31. The minimum Gasteiger partial charge on any atom is -0.0651 e. The predicted molar refractivity (Wildman–Crippen MR) is 66.4 cm³/mol. The van der Waals surface area contributed by atoms with Gasteiger partial charge < -0.3 is 0 Å². The van der Waals surface area contributed by atoms with Gasteiger partial charge in [-0.25, -0.2) is 0 Å². The van der Waals surface area contributed by atoms with Crippen molar-refractivity contribution < 1.29 is 0 Å². The second-order valence-corrected chi connectivity index (χ2v) is 6.33. The normalized spacial score (nSPS) is 19.5. The fraction of sp³-hybridized carbons (Fsp3) is 1.00. The molecule has 0 radical (unpaired) electrons. The van der Waals surface area contributed by atoms with Gasteiger partial charge in [0.15, 0.2) is 0 Å². The standard InChI is InChI=1S/C14H30/c1-9-13(11(4)10(2)3)12(5)14(6,7)8/h10-13H,9H2,1-8H3. The highest BCUT2D eigenvalue weighted by atomic mass is 14.4. The molecule has 0 aliphatic rings. The molecule has 3 unspecified atom stereocenters. The van der Waals surface area contributed by atoms with E-state index < -0.39 is 0 Å². The zero-order valence-electron chi connectivity index (χ0n) is 11.5. The summed E-state index contributed by atoms with van der Waals surface area (Å²) < 4.78 is 0. The maximum Gasteiger partial charge on any atom is -0.0354 e. The van der Waals surface area contributed by atoms with Crippen LogP contribution in [0.25, 0.3) is 0 Å². The maximum atomic E-state index is 2.42. The molecule has 14 heavy (non-hydrogen) atoms. The van der Waals surface area contributed by atoms with Crippen LogP contribution in [0.5, 0.6) is 0 Å². The van der Waals surface area contributed by atoms with Crippen molar-refractivity contribution in [2.45, 2.75) is 61.8 Å². The van der Waals surface area contributed by atoms with Gasteiger partial charge in [0.2, 0.25) is 0 Å². The first-order chi connectivity index (χ1) is 6.21. The van der Waals surface area contributed by atoms with E-state index in [2.05, 4.69) is 55.4 Å². The molecule has 0 aliphatic heterocycles. The molecule has 0 aliphatic carbocycles. The minimum absolute atomic E-state index is 0.448. The molecule has 0 bridgehead atoms. The summed E-state index contributed by atoms with van der Waals surface area (Å²) >= 11 is 0. The molecule has 0 heterocycles. The Labute approximate surface area is 91.5 Å².